The highest BCUT2D eigenvalue weighted by Gasteiger charge is 2.08. The van der Waals surface area contributed by atoms with Crippen LogP contribution in [0.15, 0.2) is 52.0 Å². The number of hydrogen-bond acceptors (Lipinski definition) is 5. The van der Waals surface area contributed by atoms with Crippen molar-refractivity contribution in [3.8, 4) is 17.2 Å². The number of benzene rings is 2. The van der Waals surface area contributed by atoms with Crippen molar-refractivity contribution < 1.29 is 19.4 Å². The summed E-state index contributed by atoms with van der Waals surface area (Å²) in [7, 11) is 1.57. The Bertz CT molecular complexity index is 762. The summed E-state index contributed by atoms with van der Waals surface area (Å²) in [4.78, 5) is 11.8. The first kappa shape index (κ1) is 17.8. The number of rotatable bonds is 6. The molecule has 126 valence electrons. The zero-order valence-corrected chi connectivity index (χ0v) is 14.8. The average Bonchev–Trinajstić information content (AvgIpc) is 2.58. The smallest absolute Gasteiger partial charge is 0.277 e. The fourth-order valence-corrected chi connectivity index (χ4v) is 2.36. The van der Waals surface area contributed by atoms with E-state index in [4.69, 9.17) is 9.47 Å². The van der Waals surface area contributed by atoms with E-state index in [0.29, 0.717) is 27.2 Å². The fourth-order valence-electron chi connectivity index (χ4n) is 1.89. The quantitative estimate of drug-likeness (QED) is 0.584. The van der Waals surface area contributed by atoms with Gasteiger partial charge >= 0.3 is 0 Å². The third-order valence-electron chi connectivity index (χ3n) is 3.14. The number of halogens is 1. The number of hydrogen-bond donors (Lipinski definition) is 2. The number of carbonyl (C=O) groups excluding carboxylic acids is 1. The summed E-state index contributed by atoms with van der Waals surface area (Å²) in [5.41, 5.74) is 3.44. The Kier molecular flexibility index (Phi) is 6.20. The number of phenols is 1. The van der Waals surface area contributed by atoms with Crippen molar-refractivity contribution in [1.29, 1.82) is 0 Å². The molecule has 2 aromatic rings. The molecule has 24 heavy (non-hydrogen) atoms. The number of phenolic OH excluding ortho intramolecular Hbond substituents is 1. The van der Waals surface area contributed by atoms with Crippen LogP contribution in [0.2, 0.25) is 0 Å². The van der Waals surface area contributed by atoms with Gasteiger partial charge in [-0.1, -0.05) is 12.1 Å². The molecule has 0 saturated carbocycles. The molecule has 1 amide bonds. The maximum atomic E-state index is 11.8. The molecule has 0 heterocycles. The van der Waals surface area contributed by atoms with Crippen molar-refractivity contribution >= 4 is 27.5 Å². The molecule has 0 aliphatic heterocycles. The number of ether oxygens (including phenoxy) is 2. The zero-order chi connectivity index (χ0) is 17.5. The monoisotopic (exact) mass is 392 g/mol. The van der Waals surface area contributed by atoms with Gasteiger partial charge in [0.1, 0.15) is 17.2 Å². The number of carbonyl (C=O) groups is 1. The van der Waals surface area contributed by atoms with Gasteiger partial charge in [-0.3, -0.25) is 4.79 Å². The molecule has 0 unspecified atom stereocenters. The van der Waals surface area contributed by atoms with E-state index in [2.05, 4.69) is 26.5 Å². The summed E-state index contributed by atoms with van der Waals surface area (Å²) in [6.45, 7) is 1.50. The molecule has 2 N–H and O–H groups in total. The van der Waals surface area contributed by atoms with Gasteiger partial charge in [-0.15, -0.1) is 0 Å². The number of para-hydroxylation sites is 1. The normalized spacial score (nSPS) is 11.0. The number of nitrogens with zero attached hydrogens (tertiary/aromatic N) is 1. The van der Waals surface area contributed by atoms with Crippen LogP contribution < -0.4 is 14.9 Å². The van der Waals surface area contributed by atoms with Crippen LogP contribution in [0.5, 0.6) is 17.2 Å². The Hall–Kier alpha value is -2.54. The molecule has 0 bridgehead atoms. The second kappa shape index (κ2) is 8.35. The molecular formula is C17H17BrN2O4. The molecule has 0 aliphatic rings. The maximum absolute atomic E-state index is 11.8. The summed E-state index contributed by atoms with van der Waals surface area (Å²) >= 11 is 3.35. The molecule has 0 spiro atoms. The molecule has 0 atom stereocenters. The highest BCUT2D eigenvalue weighted by Crippen LogP contribution is 2.28. The van der Waals surface area contributed by atoms with E-state index < -0.39 is 5.91 Å². The largest absolute Gasteiger partial charge is 0.507 e. The summed E-state index contributed by atoms with van der Waals surface area (Å²) in [6.07, 6.45) is 0. The molecule has 0 aromatic heterocycles. The van der Waals surface area contributed by atoms with E-state index in [0.717, 1.165) is 0 Å². The first-order chi connectivity index (χ1) is 11.5. The van der Waals surface area contributed by atoms with E-state index in [9.17, 15) is 9.90 Å². The first-order valence-electron chi connectivity index (χ1n) is 7.09. The lowest BCUT2D eigenvalue weighted by Crippen LogP contribution is -2.25. The van der Waals surface area contributed by atoms with Crippen molar-refractivity contribution in [2.24, 2.45) is 5.10 Å². The van der Waals surface area contributed by atoms with Crippen LogP contribution in [0.25, 0.3) is 0 Å². The summed E-state index contributed by atoms with van der Waals surface area (Å²) in [5.74, 6) is 0.896. The number of methoxy groups -OCH3 is 1. The number of aromatic hydroxyl groups is 1. The zero-order valence-electron chi connectivity index (χ0n) is 13.2. The molecule has 2 rings (SSSR count). The van der Waals surface area contributed by atoms with Crippen LogP contribution in [-0.2, 0) is 4.79 Å². The highest BCUT2D eigenvalue weighted by atomic mass is 79.9. The van der Waals surface area contributed by atoms with Crippen molar-refractivity contribution in [2.75, 3.05) is 13.7 Å². The van der Waals surface area contributed by atoms with E-state index >= 15 is 0 Å². The lowest BCUT2D eigenvalue weighted by molar-refractivity contribution is -0.123. The minimum Gasteiger partial charge on any atom is -0.507 e. The second-order valence-electron chi connectivity index (χ2n) is 4.83. The Morgan fingerprint density at radius 3 is 2.71 bits per heavy atom. The molecule has 6 nitrogen and oxygen atoms in total. The third-order valence-corrected chi connectivity index (χ3v) is 3.76. The van der Waals surface area contributed by atoms with E-state index in [1.165, 1.54) is 0 Å². The number of hydrazone groups is 1. The van der Waals surface area contributed by atoms with Gasteiger partial charge in [-0.05, 0) is 53.2 Å². The molecule has 0 fully saturated rings. The van der Waals surface area contributed by atoms with E-state index in [-0.39, 0.29) is 12.4 Å². The van der Waals surface area contributed by atoms with Gasteiger partial charge < -0.3 is 14.6 Å². The van der Waals surface area contributed by atoms with Gasteiger partial charge in [0, 0.05) is 5.56 Å². The van der Waals surface area contributed by atoms with Crippen LogP contribution >= 0.6 is 15.9 Å². The second-order valence-corrected chi connectivity index (χ2v) is 5.69. The molecule has 0 aliphatic carbocycles. The van der Waals surface area contributed by atoms with Gasteiger partial charge in [-0.2, -0.15) is 5.10 Å². The minimum absolute atomic E-state index is 0.103. The lowest BCUT2D eigenvalue weighted by atomic mass is 10.1. The number of nitrogens with one attached hydrogen (secondary N) is 1. The van der Waals surface area contributed by atoms with Crippen LogP contribution in [0.4, 0.5) is 0 Å². The van der Waals surface area contributed by atoms with Crippen LogP contribution in [0.3, 0.4) is 0 Å². The van der Waals surface area contributed by atoms with E-state index in [1.807, 2.05) is 0 Å². The van der Waals surface area contributed by atoms with Crippen LogP contribution in [0, 0.1) is 0 Å². The molecular weight excluding hydrogens is 376 g/mol. The SMILES string of the molecule is COc1ccc(OCC(=O)NN=C(C)c2ccccc2O)c(Br)c1. The van der Waals surface area contributed by atoms with Crippen LogP contribution in [-0.4, -0.2) is 30.4 Å². The minimum atomic E-state index is -0.410. The van der Waals surface area contributed by atoms with Gasteiger partial charge in [0.2, 0.25) is 0 Å². The van der Waals surface area contributed by atoms with Crippen LogP contribution in [0.1, 0.15) is 12.5 Å². The lowest BCUT2D eigenvalue weighted by Gasteiger charge is -2.09. The van der Waals surface area contributed by atoms with Crippen molar-refractivity contribution in [3.05, 3.63) is 52.5 Å². The third kappa shape index (κ3) is 4.73. The Balaban J connectivity index is 1.92. The van der Waals surface area contributed by atoms with Crippen molar-refractivity contribution in [1.82, 2.24) is 5.43 Å². The maximum Gasteiger partial charge on any atom is 0.277 e. The summed E-state index contributed by atoms with van der Waals surface area (Å²) < 4.78 is 11.2. The summed E-state index contributed by atoms with van der Waals surface area (Å²) in [5, 5.41) is 13.7. The molecule has 0 saturated heterocycles. The van der Waals surface area contributed by atoms with Gasteiger partial charge in [-0.25, -0.2) is 5.43 Å². The van der Waals surface area contributed by atoms with Crippen molar-refractivity contribution in [3.63, 3.8) is 0 Å². The summed E-state index contributed by atoms with van der Waals surface area (Å²) in [6, 6.07) is 11.9. The molecule has 0 radical (unpaired) electrons. The fraction of sp³-hybridized carbons (Fsp3) is 0.176. The van der Waals surface area contributed by atoms with Crippen molar-refractivity contribution in [2.45, 2.75) is 6.92 Å². The topological polar surface area (TPSA) is 80.2 Å². The average molecular weight is 393 g/mol. The van der Waals surface area contributed by atoms with Gasteiger partial charge in [0.25, 0.3) is 5.91 Å². The highest BCUT2D eigenvalue weighted by molar-refractivity contribution is 9.10. The number of amides is 1. The van der Waals surface area contributed by atoms with Gasteiger partial charge in [0.15, 0.2) is 6.61 Å². The predicted molar refractivity (Wildman–Crippen MR) is 94.6 cm³/mol. The standard InChI is InChI=1S/C17H17BrN2O4/c1-11(13-5-3-4-6-15(13)21)19-20-17(22)10-24-16-8-7-12(23-2)9-14(16)18/h3-9,21H,10H2,1-2H3,(H,20,22). The molecule has 7 heteroatoms. The molecule has 2 aromatic carbocycles. The van der Waals surface area contributed by atoms with Gasteiger partial charge in [0.05, 0.1) is 17.3 Å². The van der Waals surface area contributed by atoms with E-state index in [1.54, 1.807) is 56.5 Å². The Labute approximate surface area is 148 Å². The predicted octanol–water partition coefficient (Wildman–Crippen LogP) is 3.08. The Morgan fingerprint density at radius 1 is 1.29 bits per heavy atom. The first-order valence-corrected chi connectivity index (χ1v) is 7.88. The Morgan fingerprint density at radius 2 is 2.04 bits per heavy atom.